The van der Waals surface area contributed by atoms with Gasteiger partial charge in [0.05, 0.1) is 0 Å². The largest absolute Gasteiger partial charge is 3.00 e. The molecule has 0 bridgehead atoms. The summed E-state index contributed by atoms with van der Waals surface area (Å²) in [4.78, 5) is 9.23. The number of nitrogens with two attached hydrogens (primary N) is 5. The molecule has 0 aliphatic carbocycles. The zero-order valence-corrected chi connectivity index (χ0v) is 6.82. The van der Waals surface area contributed by atoms with E-state index in [0.29, 0.717) is 0 Å². The van der Waals surface area contributed by atoms with Crippen molar-refractivity contribution in [1.82, 2.24) is 0 Å². The van der Waals surface area contributed by atoms with Crippen LogP contribution in [0.3, 0.4) is 0 Å². The molecule has 9 heteroatoms. The van der Waals surface area contributed by atoms with Crippen molar-refractivity contribution in [3.63, 3.8) is 0 Å². The number of hydrogen-bond donors (Lipinski definition) is 1. The average molecular weight is 216 g/mol. The van der Waals surface area contributed by atoms with Gasteiger partial charge in [-0.05, 0) is 0 Å². The minimum absolute atomic E-state index is 0. The summed E-state index contributed by atoms with van der Waals surface area (Å²) in [7, 11) is 0. The van der Waals surface area contributed by atoms with Crippen LogP contribution in [0.5, 0.6) is 0 Å². The maximum atomic E-state index is 9.23. The molecule has 0 heterocycles. The molecular weight excluding hydrogens is 201 g/mol. The topological polar surface area (TPSA) is 228 Å². The summed E-state index contributed by atoms with van der Waals surface area (Å²) in [5, 5.41) is 13.5. The van der Waals surface area contributed by atoms with E-state index in [-0.39, 0.29) is 47.5 Å². The summed E-state index contributed by atoms with van der Waals surface area (Å²) in [6.45, 7) is -0.667. The van der Waals surface area contributed by atoms with Gasteiger partial charge in [0.15, 0.2) is 0 Å². The van der Waals surface area contributed by atoms with Crippen molar-refractivity contribution in [2.24, 2.45) is 0 Å². The molecule has 0 saturated carbocycles. The molecule has 76 valence electrons. The third kappa shape index (κ3) is 193. The zero-order valence-electron chi connectivity index (χ0n) is 5.78. The second-order valence-corrected chi connectivity index (χ2v) is 0.581. The summed E-state index contributed by atoms with van der Waals surface area (Å²) < 4.78 is 0. The Bertz CT molecular complexity index is 55.0. The van der Waals surface area contributed by atoms with Crippen LogP contribution in [-0.2, 0) is 21.6 Å². The van der Waals surface area contributed by atoms with Gasteiger partial charge in [-0.2, -0.15) is 0 Å². The molecule has 0 fully saturated rings. The third-order valence-electron chi connectivity index (χ3n) is 0.144. The van der Waals surface area contributed by atoms with E-state index < -0.39 is 12.6 Å². The molecule has 0 saturated heterocycles. The van der Waals surface area contributed by atoms with Crippen LogP contribution in [-0.4, -0.2) is 22.8 Å². The smallest absolute Gasteiger partial charge is 0.693 e. The maximum Gasteiger partial charge on any atom is 3.00 e. The molecule has 0 spiro atoms. The second kappa shape index (κ2) is 53.2. The number of aliphatic hydroxyl groups is 1. The first-order chi connectivity index (χ1) is 2.27. The number of hydrogen-bond acceptors (Lipinski definition) is 2. The van der Waals surface area contributed by atoms with E-state index in [9.17, 15) is 4.79 Å². The van der Waals surface area contributed by atoms with Crippen molar-refractivity contribution in [1.29, 1.82) is 0 Å². The predicted octanol–water partition coefficient (Wildman–Crippen LogP) is 1.81. The van der Waals surface area contributed by atoms with Crippen LogP contribution in [0.15, 0.2) is 0 Å². The fraction of sp³-hybridized carbons (Fsp3) is 0.500. The van der Waals surface area contributed by atoms with Gasteiger partial charge < -0.3 is 41.0 Å². The molecule has 11 heavy (non-hydrogen) atoms. The Balaban J connectivity index is -0.00000000533. The van der Waals surface area contributed by atoms with E-state index in [0.717, 1.165) is 0 Å². The first-order valence-corrected chi connectivity index (χ1v) is 1.12. The summed E-state index contributed by atoms with van der Waals surface area (Å²) >= 11 is 0. The van der Waals surface area contributed by atoms with Gasteiger partial charge in [-0.25, -0.2) is 0 Å². The molecule has 0 aromatic carbocycles. The predicted molar refractivity (Wildman–Crippen MR) is 42.1 cm³/mol. The fourth-order valence-electron chi connectivity index (χ4n) is 0. The molecule has 0 atom stereocenters. The van der Waals surface area contributed by atoms with Gasteiger partial charge in [0.25, 0.3) is 0 Å². The molecule has 0 amide bonds. The zero-order chi connectivity index (χ0) is 4.28. The first kappa shape index (κ1) is 72.9. The Labute approximate surface area is 75.9 Å². The van der Waals surface area contributed by atoms with Crippen molar-refractivity contribution in [3.8, 4) is 0 Å². The number of aliphatic hydroxyl groups excluding tert-OH is 1. The van der Waals surface area contributed by atoms with Gasteiger partial charge >= 0.3 is 22.7 Å². The van der Waals surface area contributed by atoms with Crippen LogP contribution in [0.25, 0.3) is 30.8 Å². The third-order valence-corrected chi connectivity index (χ3v) is 0.144. The van der Waals surface area contributed by atoms with Crippen molar-refractivity contribution in [2.45, 2.75) is 0 Å². The summed E-state index contributed by atoms with van der Waals surface area (Å²) in [6, 6.07) is 0. The van der Waals surface area contributed by atoms with Gasteiger partial charge in [0.1, 0.15) is 0 Å². The SMILES string of the molecule is O=C([OH2+])CO.[Co+3].[NH2-].[NH2-].[NH2-].[NH2-].[NH2-]. The summed E-state index contributed by atoms with van der Waals surface area (Å²) in [5.74, 6) is -0.940. The maximum absolute atomic E-state index is 9.23. The number of carbonyl (C=O) groups excluding carboxylic acids is 1. The first-order valence-electron chi connectivity index (χ1n) is 1.12. The van der Waals surface area contributed by atoms with Gasteiger partial charge in [-0.15, -0.1) is 0 Å². The fourth-order valence-corrected chi connectivity index (χ4v) is 0. The summed E-state index contributed by atoms with van der Waals surface area (Å²) in [6.07, 6.45) is 0. The average Bonchev–Trinajstić information content (AvgIpc) is 1.38. The van der Waals surface area contributed by atoms with Crippen molar-refractivity contribution in [2.75, 3.05) is 6.61 Å². The Morgan fingerprint density at radius 1 is 1.09 bits per heavy atom. The van der Waals surface area contributed by atoms with Crippen molar-refractivity contribution < 1.29 is 31.8 Å². The minimum atomic E-state index is -0.940. The van der Waals surface area contributed by atoms with Crippen LogP contribution in [0, 0.1) is 0 Å². The van der Waals surface area contributed by atoms with Gasteiger partial charge in [-0.3, -0.25) is 0 Å². The Hall–Kier alpha value is -0.264. The van der Waals surface area contributed by atoms with E-state index in [2.05, 4.69) is 0 Å². The molecule has 0 rings (SSSR count). The molecule has 13 N–H and O–H groups in total. The minimum Gasteiger partial charge on any atom is -0.693 e. The van der Waals surface area contributed by atoms with Gasteiger partial charge in [-0.1, -0.05) is 0 Å². The van der Waals surface area contributed by atoms with E-state index in [1.807, 2.05) is 0 Å². The molecule has 0 unspecified atom stereocenters. The van der Waals surface area contributed by atoms with E-state index in [1.165, 1.54) is 0 Å². The van der Waals surface area contributed by atoms with E-state index in [1.54, 1.807) is 0 Å². The molecule has 8 nitrogen and oxygen atoms in total. The van der Waals surface area contributed by atoms with Crippen LogP contribution in [0.2, 0.25) is 0 Å². The van der Waals surface area contributed by atoms with Gasteiger partial charge in [0.2, 0.25) is 6.61 Å². The van der Waals surface area contributed by atoms with Crippen molar-refractivity contribution >= 4 is 5.97 Å². The van der Waals surface area contributed by atoms with E-state index in [4.69, 9.17) is 10.2 Å². The van der Waals surface area contributed by atoms with Gasteiger partial charge in [0, 0.05) is 4.79 Å². The van der Waals surface area contributed by atoms with Crippen LogP contribution < -0.4 is 0 Å². The Morgan fingerprint density at radius 3 is 1.18 bits per heavy atom. The summed E-state index contributed by atoms with van der Waals surface area (Å²) in [5.41, 5.74) is 0. The molecular formula is C2H15CoN5O3-. The molecule has 0 aromatic heterocycles. The Morgan fingerprint density at radius 2 is 1.18 bits per heavy atom. The van der Waals surface area contributed by atoms with Crippen LogP contribution in [0.4, 0.5) is 0 Å². The van der Waals surface area contributed by atoms with E-state index >= 15 is 0 Å². The molecule has 0 radical (unpaired) electrons. The van der Waals surface area contributed by atoms with Crippen LogP contribution in [0.1, 0.15) is 0 Å². The quantitative estimate of drug-likeness (QED) is 0.645. The number of carbonyl (C=O) groups is 1. The molecule has 0 aromatic rings. The van der Waals surface area contributed by atoms with Crippen molar-refractivity contribution in [3.05, 3.63) is 30.8 Å². The number of rotatable bonds is 1. The second-order valence-electron chi connectivity index (χ2n) is 0.581. The standard InChI is InChI=1S/C2H4O3.Co.5H2N/c3-1-2(4)5;;;;;;/h3H,1H2,(H,4,5);;5*1H2/q;+3;5*-1/p+1. The van der Waals surface area contributed by atoms with Crippen LogP contribution >= 0.6 is 0 Å². The monoisotopic (exact) mass is 216 g/mol. The normalized spacial score (nSPS) is 3.36. The molecule has 0 aliphatic rings. The molecule has 0 aliphatic heterocycles. The Kier molecular flexibility index (Phi) is 353.